The molecule has 6 heteroatoms. The molecule has 0 aliphatic rings. The molecule has 0 N–H and O–H groups in total. The summed E-state index contributed by atoms with van der Waals surface area (Å²) in [4.78, 5) is 0. The van der Waals surface area contributed by atoms with Crippen molar-refractivity contribution in [2.75, 3.05) is 11.7 Å². The number of nitrogens with zero attached hydrogens (tertiary/aromatic N) is 2. The van der Waals surface area contributed by atoms with Crippen LogP contribution >= 0.6 is 15.9 Å². The summed E-state index contributed by atoms with van der Waals surface area (Å²) < 4.78 is 24.1. The van der Waals surface area contributed by atoms with E-state index in [1.54, 1.807) is 24.3 Å². The van der Waals surface area contributed by atoms with Gasteiger partial charge in [0.2, 0.25) is 10.0 Å². The highest BCUT2D eigenvalue weighted by atomic mass is 79.9. The maximum absolute atomic E-state index is 11.5. The summed E-state index contributed by atoms with van der Waals surface area (Å²) in [6.07, 6.45) is 0. The van der Waals surface area contributed by atoms with Crippen LogP contribution in [0.15, 0.2) is 24.3 Å². The van der Waals surface area contributed by atoms with Gasteiger partial charge in [-0.05, 0) is 17.7 Å². The van der Waals surface area contributed by atoms with Gasteiger partial charge in [0.1, 0.15) is 4.66 Å². The monoisotopic (exact) mass is 302 g/mol. The molecule has 16 heavy (non-hydrogen) atoms. The Morgan fingerprint density at radius 3 is 2.75 bits per heavy atom. The van der Waals surface area contributed by atoms with E-state index in [0.29, 0.717) is 5.56 Å². The van der Waals surface area contributed by atoms with Crippen molar-refractivity contribution in [2.45, 2.75) is 6.54 Å². The highest BCUT2D eigenvalue weighted by Gasteiger charge is 2.15. The van der Waals surface area contributed by atoms with Crippen LogP contribution in [0.25, 0.3) is 0 Å². The summed E-state index contributed by atoms with van der Waals surface area (Å²) in [6, 6.07) is 8.91. The van der Waals surface area contributed by atoms with E-state index in [2.05, 4.69) is 15.9 Å². The van der Waals surface area contributed by atoms with Crippen molar-refractivity contribution in [3.05, 3.63) is 35.4 Å². The minimum atomic E-state index is -3.25. The zero-order valence-corrected chi connectivity index (χ0v) is 11.1. The highest BCUT2D eigenvalue weighted by Crippen LogP contribution is 2.10. The molecule has 0 saturated heterocycles. The summed E-state index contributed by atoms with van der Waals surface area (Å²) in [5, 5.41) is 8.71. The van der Waals surface area contributed by atoms with Crippen LogP contribution in [0.5, 0.6) is 0 Å². The lowest BCUT2D eigenvalue weighted by Gasteiger charge is -2.15. The zero-order valence-electron chi connectivity index (χ0n) is 8.72. The molecule has 86 valence electrons. The Bertz CT molecular complexity index is 508. The van der Waals surface area contributed by atoms with Crippen LogP contribution in [0, 0.1) is 11.3 Å². The summed E-state index contributed by atoms with van der Waals surface area (Å²) in [6.45, 7) is 0.267. The lowest BCUT2D eigenvalue weighted by atomic mass is 10.1. The molecule has 1 aromatic carbocycles. The summed E-state index contributed by atoms with van der Waals surface area (Å²) in [5.74, 6) is 0. The molecular weight excluding hydrogens is 292 g/mol. The molecule has 0 aliphatic heterocycles. The van der Waals surface area contributed by atoms with Crippen LogP contribution in [0.1, 0.15) is 11.1 Å². The van der Waals surface area contributed by atoms with E-state index in [4.69, 9.17) is 5.26 Å². The van der Waals surface area contributed by atoms with Gasteiger partial charge in [0.25, 0.3) is 0 Å². The fourth-order valence-corrected chi connectivity index (χ4v) is 2.74. The molecule has 1 aromatic rings. The summed E-state index contributed by atoms with van der Waals surface area (Å²) in [5.41, 5.74) is 1.33. The van der Waals surface area contributed by atoms with E-state index in [-0.39, 0.29) is 11.2 Å². The first-order valence-corrected chi connectivity index (χ1v) is 7.21. The highest BCUT2D eigenvalue weighted by molar-refractivity contribution is 9.10. The number of alkyl halides is 1. The predicted molar refractivity (Wildman–Crippen MR) is 65.3 cm³/mol. The normalized spacial score (nSPS) is 11.4. The van der Waals surface area contributed by atoms with Crippen molar-refractivity contribution in [3.8, 4) is 6.07 Å². The van der Waals surface area contributed by atoms with E-state index in [9.17, 15) is 8.42 Å². The van der Waals surface area contributed by atoms with Crippen molar-refractivity contribution in [1.82, 2.24) is 4.31 Å². The van der Waals surface area contributed by atoms with Gasteiger partial charge in [0.05, 0.1) is 11.6 Å². The van der Waals surface area contributed by atoms with Gasteiger partial charge in [-0.15, -0.1) is 0 Å². The average Bonchev–Trinajstić information content (AvgIpc) is 2.29. The van der Waals surface area contributed by atoms with Gasteiger partial charge < -0.3 is 0 Å². The second-order valence-corrected chi connectivity index (χ2v) is 6.67. The first-order valence-electron chi connectivity index (χ1n) is 4.48. The van der Waals surface area contributed by atoms with Crippen molar-refractivity contribution >= 4 is 26.0 Å². The van der Waals surface area contributed by atoms with Crippen molar-refractivity contribution in [3.63, 3.8) is 0 Å². The van der Waals surface area contributed by atoms with Gasteiger partial charge in [0, 0.05) is 13.6 Å². The van der Waals surface area contributed by atoms with Crippen LogP contribution in [0.3, 0.4) is 0 Å². The van der Waals surface area contributed by atoms with Gasteiger partial charge >= 0.3 is 0 Å². The van der Waals surface area contributed by atoms with Crippen molar-refractivity contribution in [2.24, 2.45) is 0 Å². The number of hydrogen-bond donors (Lipinski definition) is 0. The molecule has 0 saturated carbocycles. The predicted octanol–water partition coefficient (Wildman–Crippen LogP) is 1.67. The fraction of sp³-hybridized carbons (Fsp3) is 0.300. The van der Waals surface area contributed by atoms with Gasteiger partial charge in [-0.25, -0.2) is 8.42 Å². The van der Waals surface area contributed by atoms with Crippen LogP contribution in [0.4, 0.5) is 0 Å². The van der Waals surface area contributed by atoms with Crippen molar-refractivity contribution < 1.29 is 8.42 Å². The Kier molecular flexibility index (Phi) is 4.47. The van der Waals surface area contributed by atoms with Crippen LogP contribution in [-0.2, 0) is 16.6 Å². The number of benzene rings is 1. The Hall–Kier alpha value is -0.900. The Balaban J connectivity index is 2.86. The van der Waals surface area contributed by atoms with Gasteiger partial charge in [-0.2, -0.15) is 9.57 Å². The number of nitriles is 1. The minimum absolute atomic E-state index is 0.103. The maximum atomic E-state index is 11.5. The van der Waals surface area contributed by atoms with E-state index >= 15 is 0 Å². The SMILES string of the molecule is CN(Cc1cccc(C#N)c1)S(=O)(=O)CBr. The van der Waals surface area contributed by atoms with E-state index < -0.39 is 10.0 Å². The largest absolute Gasteiger partial charge is 0.224 e. The third-order valence-electron chi connectivity index (χ3n) is 2.07. The molecule has 0 unspecified atom stereocenters. The third-order valence-corrected chi connectivity index (χ3v) is 5.16. The van der Waals surface area contributed by atoms with Gasteiger partial charge in [0.15, 0.2) is 0 Å². The summed E-state index contributed by atoms with van der Waals surface area (Å²) in [7, 11) is -1.74. The van der Waals surface area contributed by atoms with Gasteiger partial charge in [-0.3, -0.25) is 0 Å². The molecule has 0 amide bonds. The smallest absolute Gasteiger partial charge is 0.211 e. The molecule has 0 bridgehead atoms. The maximum Gasteiger partial charge on any atom is 0.224 e. The second-order valence-electron chi connectivity index (χ2n) is 3.29. The Morgan fingerprint density at radius 1 is 1.50 bits per heavy atom. The molecule has 0 spiro atoms. The fourth-order valence-electron chi connectivity index (χ4n) is 1.18. The lowest BCUT2D eigenvalue weighted by Crippen LogP contribution is -2.27. The quantitative estimate of drug-likeness (QED) is 0.795. The topological polar surface area (TPSA) is 61.2 Å². The minimum Gasteiger partial charge on any atom is -0.211 e. The number of rotatable bonds is 4. The number of hydrogen-bond acceptors (Lipinski definition) is 3. The number of sulfonamides is 1. The average molecular weight is 303 g/mol. The van der Waals surface area contributed by atoms with Gasteiger partial charge in [-0.1, -0.05) is 28.1 Å². The second kappa shape index (κ2) is 5.43. The Labute approximate surface area is 104 Å². The lowest BCUT2D eigenvalue weighted by molar-refractivity contribution is 0.471. The van der Waals surface area contributed by atoms with E-state index in [1.165, 1.54) is 11.4 Å². The number of halogens is 1. The van der Waals surface area contributed by atoms with E-state index in [1.807, 2.05) is 6.07 Å². The van der Waals surface area contributed by atoms with Crippen LogP contribution in [-0.4, -0.2) is 24.4 Å². The molecule has 0 aromatic heterocycles. The standard InChI is InChI=1S/C10H11BrN2O2S/c1-13(16(14,15)8-11)7-10-4-2-3-9(5-10)6-12/h2-5H,7-8H2,1H3. The molecule has 0 fully saturated rings. The van der Waals surface area contributed by atoms with Crippen LogP contribution in [0.2, 0.25) is 0 Å². The third kappa shape index (κ3) is 3.30. The Morgan fingerprint density at radius 2 is 2.19 bits per heavy atom. The van der Waals surface area contributed by atoms with E-state index in [0.717, 1.165) is 5.56 Å². The molecule has 1 rings (SSSR count). The first kappa shape index (κ1) is 13.2. The molecular formula is C10H11BrN2O2S. The van der Waals surface area contributed by atoms with Crippen molar-refractivity contribution in [1.29, 1.82) is 5.26 Å². The molecule has 0 radical (unpaired) electrons. The molecule has 0 heterocycles. The molecule has 0 atom stereocenters. The molecule has 0 aliphatic carbocycles. The molecule has 4 nitrogen and oxygen atoms in total. The zero-order chi connectivity index (χ0) is 12.2. The van der Waals surface area contributed by atoms with Crippen LogP contribution < -0.4 is 0 Å². The first-order chi connectivity index (χ1) is 7.49. The summed E-state index contributed by atoms with van der Waals surface area (Å²) >= 11 is 2.93.